The first-order chi connectivity index (χ1) is 9.42. The molecule has 0 saturated carbocycles. The van der Waals surface area contributed by atoms with Gasteiger partial charge in [0.15, 0.2) is 22.9 Å². The van der Waals surface area contributed by atoms with Gasteiger partial charge in [-0.05, 0) is 0 Å². The van der Waals surface area contributed by atoms with Gasteiger partial charge in [0.25, 0.3) is 0 Å². The lowest BCUT2D eigenvalue weighted by molar-refractivity contribution is 1.17. The quantitative estimate of drug-likeness (QED) is 0.482. The van der Waals surface area contributed by atoms with Crippen LogP contribution in [0.2, 0.25) is 0 Å². The smallest absolute Gasteiger partial charge is 0.182 e. The number of hydrogen-bond acceptors (Lipinski definition) is 7. The van der Waals surface area contributed by atoms with Crippen molar-refractivity contribution in [3.8, 4) is 0 Å². The van der Waals surface area contributed by atoms with E-state index in [2.05, 4.69) is 45.2 Å². The van der Waals surface area contributed by atoms with Crippen LogP contribution < -0.4 is 5.32 Å². The molecule has 0 aliphatic rings. The Morgan fingerprint density at radius 3 is 1.74 bits per heavy atom. The Labute approximate surface area is 105 Å². The van der Waals surface area contributed by atoms with E-state index in [4.69, 9.17) is 0 Å². The Bertz CT molecular complexity index is 789. The van der Waals surface area contributed by atoms with Crippen LogP contribution in [0.15, 0.2) is 25.3 Å². The van der Waals surface area contributed by atoms with Gasteiger partial charge < -0.3 is 15.3 Å². The summed E-state index contributed by atoms with van der Waals surface area (Å²) in [5.74, 6) is 1.19. The van der Waals surface area contributed by atoms with E-state index in [0.29, 0.717) is 34.0 Å². The van der Waals surface area contributed by atoms with Crippen LogP contribution in [0.5, 0.6) is 0 Å². The van der Waals surface area contributed by atoms with Crippen molar-refractivity contribution in [3.05, 3.63) is 25.3 Å². The number of imidazole rings is 2. The summed E-state index contributed by atoms with van der Waals surface area (Å²) in [7, 11) is 0. The van der Waals surface area contributed by atoms with Gasteiger partial charge in [-0.25, -0.2) is 29.9 Å². The van der Waals surface area contributed by atoms with Gasteiger partial charge in [-0.3, -0.25) is 0 Å². The zero-order chi connectivity index (χ0) is 12.7. The highest BCUT2D eigenvalue weighted by Gasteiger charge is 2.10. The third-order valence-corrected chi connectivity index (χ3v) is 2.68. The van der Waals surface area contributed by atoms with Gasteiger partial charge in [0.05, 0.1) is 12.7 Å². The fourth-order valence-corrected chi connectivity index (χ4v) is 1.83. The number of aromatic nitrogens is 8. The molecule has 0 aromatic carbocycles. The first-order valence-electron chi connectivity index (χ1n) is 5.47. The highest BCUT2D eigenvalue weighted by molar-refractivity contribution is 5.89. The van der Waals surface area contributed by atoms with Gasteiger partial charge in [0.1, 0.15) is 23.7 Å². The van der Waals surface area contributed by atoms with Crippen molar-refractivity contribution in [2.24, 2.45) is 0 Å². The van der Waals surface area contributed by atoms with Gasteiger partial charge in [-0.1, -0.05) is 0 Å². The third kappa shape index (κ3) is 1.48. The summed E-state index contributed by atoms with van der Waals surface area (Å²) in [6, 6.07) is 0. The van der Waals surface area contributed by atoms with Gasteiger partial charge in [-0.2, -0.15) is 0 Å². The predicted molar refractivity (Wildman–Crippen MR) is 66.7 cm³/mol. The number of anilines is 2. The SMILES string of the molecule is c1nc(Nc2ncnc3nc[nH]c23)c2[nH]cnc2n1. The Morgan fingerprint density at radius 2 is 1.21 bits per heavy atom. The van der Waals surface area contributed by atoms with Crippen LogP contribution in [0.4, 0.5) is 11.6 Å². The van der Waals surface area contributed by atoms with Crippen LogP contribution in [0.25, 0.3) is 22.3 Å². The zero-order valence-electron chi connectivity index (χ0n) is 9.49. The number of nitrogens with one attached hydrogen (secondary N) is 3. The number of H-pyrrole nitrogens is 2. The third-order valence-electron chi connectivity index (χ3n) is 2.68. The van der Waals surface area contributed by atoms with Crippen molar-refractivity contribution < 1.29 is 0 Å². The van der Waals surface area contributed by atoms with Crippen molar-refractivity contribution in [1.82, 2.24) is 39.9 Å². The zero-order valence-corrected chi connectivity index (χ0v) is 9.49. The fourth-order valence-electron chi connectivity index (χ4n) is 1.83. The maximum absolute atomic E-state index is 4.18. The molecule has 0 aliphatic heterocycles. The molecular weight excluding hydrogens is 246 g/mol. The fraction of sp³-hybridized carbons (Fsp3) is 0. The molecule has 3 N–H and O–H groups in total. The molecule has 4 rings (SSSR count). The summed E-state index contributed by atoms with van der Waals surface area (Å²) in [5.41, 5.74) is 2.61. The first kappa shape index (κ1) is 9.88. The van der Waals surface area contributed by atoms with Crippen molar-refractivity contribution in [3.63, 3.8) is 0 Å². The minimum atomic E-state index is 0.590. The molecule has 0 unspecified atom stereocenters. The van der Waals surface area contributed by atoms with E-state index in [-0.39, 0.29) is 0 Å². The maximum atomic E-state index is 4.18. The van der Waals surface area contributed by atoms with E-state index >= 15 is 0 Å². The number of aromatic amines is 2. The largest absolute Gasteiger partial charge is 0.340 e. The van der Waals surface area contributed by atoms with Crippen LogP contribution in [-0.2, 0) is 0 Å². The Hall–Kier alpha value is -3.10. The second-order valence-electron chi connectivity index (χ2n) is 3.77. The predicted octanol–water partition coefficient (Wildman–Crippen LogP) is 0.763. The Balaban J connectivity index is 1.86. The normalized spacial score (nSPS) is 11.2. The van der Waals surface area contributed by atoms with E-state index in [9.17, 15) is 0 Å². The molecular formula is C10H7N9. The summed E-state index contributed by atoms with van der Waals surface area (Å²) in [4.78, 5) is 30.6. The Morgan fingerprint density at radius 1 is 0.684 bits per heavy atom. The number of fused-ring (bicyclic) bond motifs is 2. The summed E-state index contributed by atoms with van der Waals surface area (Å²) < 4.78 is 0. The highest BCUT2D eigenvalue weighted by atomic mass is 15.1. The summed E-state index contributed by atoms with van der Waals surface area (Å²) in [6.07, 6.45) is 6.01. The molecule has 0 atom stereocenters. The summed E-state index contributed by atoms with van der Waals surface area (Å²) in [5, 5.41) is 3.12. The van der Waals surface area contributed by atoms with Crippen molar-refractivity contribution in [2.75, 3.05) is 5.32 Å². The van der Waals surface area contributed by atoms with E-state index in [1.165, 1.54) is 12.7 Å². The molecule has 0 bridgehead atoms. The molecule has 4 aromatic heterocycles. The monoisotopic (exact) mass is 253 g/mol. The average Bonchev–Trinajstić information content (AvgIpc) is 3.08. The molecule has 9 nitrogen and oxygen atoms in total. The molecule has 4 aromatic rings. The lowest BCUT2D eigenvalue weighted by Crippen LogP contribution is -1.99. The van der Waals surface area contributed by atoms with Crippen molar-refractivity contribution in [2.45, 2.75) is 0 Å². The molecule has 92 valence electrons. The van der Waals surface area contributed by atoms with E-state index < -0.39 is 0 Å². The van der Waals surface area contributed by atoms with E-state index in [0.717, 1.165) is 0 Å². The van der Waals surface area contributed by atoms with E-state index in [1.54, 1.807) is 12.7 Å². The standard InChI is InChI=1S/C10H7N9/c1-11-5-7(13-1)15-3-17-9(5)19-10-6-8(14-2-12-6)16-4-18-10/h1-4H,(H3,11,12,13,14,15,16,17,18,19). The molecule has 0 saturated heterocycles. The number of rotatable bonds is 2. The van der Waals surface area contributed by atoms with Crippen molar-refractivity contribution >= 4 is 34.0 Å². The van der Waals surface area contributed by atoms with Crippen molar-refractivity contribution in [1.29, 1.82) is 0 Å². The molecule has 0 spiro atoms. The minimum Gasteiger partial charge on any atom is -0.340 e. The lowest BCUT2D eigenvalue weighted by atomic mass is 10.4. The molecule has 0 amide bonds. The Kier molecular flexibility index (Phi) is 1.92. The molecule has 19 heavy (non-hydrogen) atoms. The summed E-state index contributed by atoms with van der Waals surface area (Å²) >= 11 is 0. The second-order valence-corrected chi connectivity index (χ2v) is 3.77. The van der Waals surface area contributed by atoms with Crippen LogP contribution in [-0.4, -0.2) is 39.9 Å². The molecule has 4 heterocycles. The molecule has 0 aliphatic carbocycles. The molecule has 0 fully saturated rings. The van der Waals surface area contributed by atoms with Gasteiger partial charge in [-0.15, -0.1) is 0 Å². The van der Waals surface area contributed by atoms with E-state index in [1.807, 2.05) is 0 Å². The topological polar surface area (TPSA) is 121 Å². The number of nitrogens with zero attached hydrogens (tertiary/aromatic N) is 6. The van der Waals surface area contributed by atoms with Crippen LogP contribution in [0.3, 0.4) is 0 Å². The second kappa shape index (κ2) is 3.70. The lowest BCUT2D eigenvalue weighted by Gasteiger charge is -2.04. The van der Waals surface area contributed by atoms with Gasteiger partial charge >= 0.3 is 0 Å². The van der Waals surface area contributed by atoms with Crippen LogP contribution >= 0.6 is 0 Å². The molecule has 9 heteroatoms. The molecule has 0 radical (unpaired) electrons. The van der Waals surface area contributed by atoms with Gasteiger partial charge in [0, 0.05) is 0 Å². The maximum Gasteiger partial charge on any atom is 0.182 e. The first-order valence-corrected chi connectivity index (χ1v) is 5.47. The van der Waals surface area contributed by atoms with Crippen LogP contribution in [0, 0.1) is 0 Å². The van der Waals surface area contributed by atoms with Gasteiger partial charge in [0.2, 0.25) is 0 Å². The summed E-state index contributed by atoms with van der Waals surface area (Å²) in [6.45, 7) is 0. The van der Waals surface area contributed by atoms with Crippen LogP contribution in [0.1, 0.15) is 0 Å². The number of hydrogen-bond donors (Lipinski definition) is 3. The minimum absolute atomic E-state index is 0.590. The highest BCUT2D eigenvalue weighted by Crippen LogP contribution is 2.22. The average molecular weight is 253 g/mol.